The molecule has 1 N–H and O–H groups in total. The van der Waals surface area contributed by atoms with Crippen LogP contribution in [0.3, 0.4) is 0 Å². The Bertz CT molecular complexity index is 1330. The van der Waals surface area contributed by atoms with E-state index < -0.39 is 23.7 Å². The van der Waals surface area contributed by atoms with Crippen molar-refractivity contribution in [3.63, 3.8) is 0 Å². The van der Waals surface area contributed by atoms with Gasteiger partial charge in [-0.1, -0.05) is 12.6 Å². The number of hydrogen-bond donors (Lipinski definition) is 1. The summed E-state index contributed by atoms with van der Waals surface area (Å²) in [4.78, 5) is 25.9. The highest BCUT2D eigenvalue weighted by Gasteiger charge is 2.35. The standard InChI is InChI=1S/C27H28ClF2N5O4/c1-2-25(37)33-8-10-34(11-9-33)27-18-7-6-17(12-20(18)31-16-32-27)39-22(26-19(29)4-3-5-21(26)36)13-35-23(28)14-38-15-24(35)30/h2-7,12,16,22-24,36H,1,8-11,13-15H2/t22-,23-,24-/m1/s1. The number of alkyl halides is 2. The van der Waals surface area contributed by atoms with Crippen LogP contribution in [0.1, 0.15) is 11.7 Å². The van der Waals surface area contributed by atoms with Gasteiger partial charge >= 0.3 is 0 Å². The van der Waals surface area contributed by atoms with Gasteiger partial charge in [0.15, 0.2) is 6.30 Å². The van der Waals surface area contributed by atoms with Crippen molar-refractivity contribution in [2.75, 3.05) is 50.8 Å². The van der Waals surface area contributed by atoms with Gasteiger partial charge in [0, 0.05) is 44.2 Å². The van der Waals surface area contributed by atoms with E-state index in [9.17, 15) is 18.7 Å². The van der Waals surface area contributed by atoms with Gasteiger partial charge in [-0.2, -0.15) is 0 Å². The summed E-state index contributed by atoms with van der Waals surface area (Å²) in [5.41, 5.74) is -0.304. The lowest BCUT2D eigenvalue weighted by atomic mass is 10.1. The van der Waals surface area contributed by atoms with Gasteiger partial charge < -0.3 is 24.4 Å². The molecule has 12 heteroatoms. The number of morpholine rings is 1. The largest absolute Gasteiger partial charge is 0.507 e. The number of hydrogen-bond acceptors (Lipinski definition) is 8. The molecule has 206 valence electrons. The van der Waals surface area contributed by atoms with Gasteiger partial charge in [-0.05, 0) is 30.3 Å². The van der Waals surface area contributed by atoms with E-state index in [1.54, 1.807) is 23.1 Å². The number of amides is 1. The smallest absolute Gasteiger partial charge is 0.246 e. The van der Waals surface area contributed by atoms with Crippen LogP contribution in [0.15, 0.2) is 55.4 Å². The summed E-state index contributed by atoms with van der Waals surface area (Å²) in [6, 6.07) is 9.12. The van der Waals surface area contributed by atoms with E-state index in [1.165, 1.54) is 35.5 Å². The molecule has 2 aliphatic rings. The zero-order chi connectivity index (χ0) is 27.5. The number of piperazine rings is 1. The number of nitrogens with zero attached hydrogens (tertiary/aromatic N) is 5. The molecule has 3 aromatic rings. The second-order valence-electron chi connectivity index (χ2n) is 9.28. The maximum Gasteiger partial charge on any atom is 0.246 e. The Balaban J connectivity index is 1.42. The van der Waals surface area contributed by atoms with Crippen molar-refractivity contribution in [1.82, 2.24) is 19.8 Å². The van der Waals surface area contributed by atoms with E-state index in [0.717, 1.165) is 11.2 Å². The van der Waals surface area contributed by atoms with Gasteiger partial charge in [-0.15, -0.1) is 11.6 Å². The first-order chi connectivity index (χ1) is 18.9. The molecule has 2 fully saturated rings. The number of aromatic hydroxyl groups is 1. The molecule has 3 atom stereocenters. The van der Waals surface area contributed by atoms with E-state index in [2.05, 4.69) is 21.4 Å². The van der Waals surface area contributed by atoms with Crippen molar-refractivity contribution in [2.24, 2.45) is 0 Å². The predicted molar refractivity (Wildman–Crippen MR) is 142 cm³/mol. The number of ether oxygens (including phenoxy) is 2. The Morgan fingerprint density at radius 3 is 2.74 bits per heavy atom. The summed E-state index contributed by atoms with van der Waals surface area (Å²) >= 11 is 6.30. The van der Waals surface area contributed by atoms with Crippen molar-refractivity contribution in [3.8, 4) is 11.5 Å². The lowest BCUT2D eigenvalue weighted by Crippen LogP contribution is -2.49. The number of carbonyl (C=O) groups excluding carboxylic acids is 1. The molecule has 0 unspecified atom stereocenters. The molecule has 2 aromatic carbocycles. The molecule has 0 aliphatic carbocycles. The minimum atomic E-state index is -1.52. The fraction of sp³-hybridized carbons (Fsp3) is 0.370. The van der Waals surface area contributed by atoms with Crippen LogP contribution < -0.4 is 9.64 Å². The van der Waals surface area contributed by atoms with Crippen LogP contribution in [0.25, 0.3) is 10.9 Å². The molecular formula is C27H28ClF2N5O4. The maximum atomic E-state index is 14.9. The zero-order valence-corrected chi connectivity index (χ0v) is 21.8. The Morgan fingerprint density at radius 2 is 2.03 bits per heavy atom. The average molecular weight is 560 g/mol. The molecule has 5 rings (SSSR count). The third-order valence-electron chi connectivity index (χ3n) is 6.89. The number of phenolic OH excluding ortho intramolecular Hbond substituents is 1. The molecule has 0 bridgehead atoms. The number of halogens is 3. The van der Waals surface area contributed by atoms with Crippen molar-refractivity contribution >= 4 is 34.2 Å². The van der Waals surface area contributed by atoms with Gasteiger partial charge in [0.05, 0.1) is 24.3 Å². The van der Waals surface area contributed by atoms with Crippen molar-refractivity contribution < 1.29 is 28.2 Å². The van der Waals surface area contributed by atoms with Crippen LogP contribution in [-0.4, -0.2) is 88.5 Å². The number of benzene rings is 2. The van der Waals surface area contributed by atoms with E-state index in [4.69, 9.17) is 21.1 Å². The average Bonchev–Trinajstić information content (AvgIpc) is 2.94. The second-order valence-corrected chi connectivity index (χ2v) is 9.78. The highest BCUT2D eigenvalue weighted by Crippen LogP contribution is 2.35. The van der Waals surface area contributed by atoms with Crippen molar-refractivity contribution in [2.45, 2.75) is 17.9 Å². The van der Waals surface area contributed by atoms with Crippen molar-refractivity contribution in [1.29, 1.82) is 0 Å². The Labute approximate surface area is 229 Å². The van der Waals surface area contributed by atoms with Gasteiger partial charge in [0.2, 0.25) is 5.91 Å². The van der Waals surface area contributed by atoms with Crippen LogP contribution in [0.2, 0.25) is 0 Å². The zero-order valence-electron chi connectivity index (χ0n) is 21.0. The number of carbonyl (C=O) groups is 1. The molecular weight excluding hydrogens is 532 g/mol. The first kappa shape index (κ1) is 27.0. The van der Waals surface area contributed by atoms with Gasteiger partial charge in [0.1, 0.15) is 41.1 Å². The fourth-order valence-corrected chi connectivity index (χ4v) is 5.15. The molecule has 9 nitrogen and oxygen atoms in total. The minimum absolute atomic E-state index is 0.101. The number of anilines is 1. The van der Waals surface area contributed by atoms with Crippen LogP contribution in [0, 0.1) is 5.82 Å². The Morgan fingerprint density at radius 1 is 1.23 bits per heavy atom. The molecule has 1 aromatic heterocycles. The maximum absolute atomic E-state index is 14.9. The Hall–Kier alpha value is -3.54. The number of fused-ring (bicyclic) bond motifs is 1. The second kappa shape index (κ2) is 11.7. The first-order valence-electron chi connectivity index (χ1n) is 12.5. The Kier molecular flexibility index (Phi) is 8.10. The van der Waals surface area contributed by atoms with E-state index in [-0.39, 0.29) is 37.0 Å². The molecule has 2 aliphatic heterocycles. The summed E-state index contributed by atoms with van der Waals surface area (Å²) in [6.45, 7) is 5.63. The van der Waals surface area contributed by atoms with Crippen LogP contribution in [0.4, 0.5) is 14.6 Å². The topological polar surface area (TPSA) is 91.3 Å². The van der Waals surface area contributed by atoms with E-state index >= 15 is 0 Å². The number of rotatable bonds is 7. The minimum Gasteiger partial charge on any atom is -0.507 e. The lowest BCUT2D eigenvalue weighted by molar-refractivity contribution is -0.126. The van der Waals surface area contributed by atoms with Crippen LogP contribution >= 0.6 is 11.6 Å². The lowest BCUT2D eigenvalue weighted by Gasteiger charge is -2.37. The van der Waals surface area contributed by atoms with Gasteiger partial charge in [-0.25, -0.2) is 23.6 Å². The molecule has 1 amide bonds. The van der Waals surface area contributed by atoms with Crippen LogP contribution in [0.5, 0.6) is 11.5 Å². The third kappa shape index (κ3) is 5.75. The molecule has 0 saturated carbocycles. The van der Waals surface area contributed by atoms with Crippen molar-refractivity contribution in [3.05, 3.63) is 66.8 Å². The summed E-state index contributed by atoms with van der Waals surface area (Å²) in [6.07, 6.45) is 0.155. The number of phenols is 1. The highest BCUT2D eigenvalue weighted by molar-refractivity contribution is 6.20. The van der Waals surface area contributed by atoms with Gasteiger partial charge in [-0.3, -0.25) is 4.79 Å². The molecule has 39 heavy (non-hydrogen) atoms. The third-order valence-corrected chi connectivity index (χ3v) is 7.27. The normalized spacial score (nSPS) is 21.1. The molecule has 0 spiro atoms. The highest BCUT2D eigenvalue weighted by atomic mass is 35.5. The molecule has 2 saturated heterocycles. The number of aromatic nitrogens is 2. The van der Waals surface area contributed by atoms with E-state index in [0.29, 0.717) is 37.4 Å². The van der Waals surface area contributed by atoms with E-state index in [1.807, 2.05) is 0 Å². The first-order valence-corrected chi connectivity index (χ1v) is 13.0. The SMILES string of the molecule is C=CC(=O)N1CCN(c2ncnc3cc(O[C@H](CN4[C@@H](F)COC[C@@H]4Cl)c4c(O)cccc4F)ccc23)CC1. The molecule has 3 heterocycles. The quantitative estimate of drug-likeness (QED) is 0.267. The van der Waals surface area contributed by atoms with Gasteiger partial charge in [0.25, 0.3) is 0 Å². The monoisotopic (exact) mass is 559 g/mol. The summed E-state index contributed by atoms with van der Waals surface area (Å²) in [5, 5.41) is 11.3. The van der Waals surface area contributed by atoms with Crippen LogP contribution in [-0.2, 0) is 9.53 Å². The summed E-state index contributed by atoms with van der Waals surface area (Å²) in [7, 11) is 0. The summed E-state index contributed by atoms with van der Waals surface area (Å²) < 4.78 is 40.9. The summed E-state index contributed by atoms with van der Waals surface area (Å²) in [5.74, 6) is -0.0327. The predicted octanol–water partition coefficient (Wildman–Crippen LogP) is 3.62. The molecule has 0 radical (unpaired) electrons. The fourth-order valence-electron chi connectivity index (χ4n) is 4.86.